The second-order valence-corrected chi connectivity index (χ2v) is 4.86. The van der Waals surface area contributed by atoms with Crippen molar-refractivity contribution < 1.29 is 4.74 Å². The first-order valence-corrected chi connectivity index (χ1v) is 6.53. The van der Waals surface area contributed by atoms with Crippen molar-refractivity contribution in [3.8, 4) is 0 Å². The van der Waals surface area contributed by atoms with Crippen LogP contribution in [0.2, 0.25) is 0 Å². The molecule has 1 fully saturated rings. The lowest BCUT2D eigenvalue weighted by atomic mass is 10.1. The van der Waals surface area contributed by atoms with Crippen LogP contribution in [0, 0.1) is 0 Å². The van der Waals surface area contributed by atoms with Gasteiger partial charge in [0.05, 0.1) is 0 Å². The molecule has 2 heterocycles. The Kier molecular flexibility index (Phi) is 4.36. The van der Waals surface area contributed by atoms with Crippen LogP contribution in [0.5, 0.6) is 0 Å². The van der Waals surface area contributed by atoms with Crippen molar-refractivity contribution in [3.63, 3.8) is 0 Å². The van der Waals surface area contributed by atoms with Gasteiger partial charge >= 0.3 is 0 Å². The van der Waals surface area contributed by atoms with Crippen LogP contribution in [0.4, 0.5) is 17.8 Å². The summed E-state index contributed by atoms with van der Waals surface area (Å²) >= 11 is 0. The molecule has 0 amide bonds. The molecule has 1 aromatic rings. The monoisotopic (exact) mass is 266 g/mol. The van der Waals surface area contributed by atoms with Crippen molar-refractivity contribution in [2.45, 2.75) is 18.9 Å². The van der Waals surface area contributed by atoms with Crippen LogP contribution in [-0.4, -0.2) is 62.4 Å². The van der Waals surface area contributed by atoms with E-state index in [1.54, 1.807) is 0 Å². The Labute approximate surface area is 114 Å². The van der Waals surface area contributed by atoms with Gasteiger partial charge in [-0.05, 0) is 12.8 Å². The van der Waals surface area contributed by atoms with Crippen molar-refractivity contribution in [1.82, 2.24) is 15.0 Å². The molecule has 0 spiro atoms. The fourth-order valence-corrected chi connectivity index (χ4v) is 2.06. The smallest absolute Gasteiger partial charge is 0.231 e. The average molecular weight is 266 g/mol. The van der Waals surface area contributed by atoms with Crippen LogP contribution in [0.15, 0.2) is 0 Å². The van der Waals surface area contributed by atoms with Gasteiger partial charge in [-0.2, -0.15) is 15.0 Å². The molecule has 1 aromatic heterocycles. The molecule has 0 radical (unpaired) electrons. The molecule has 1 saturated heterocycles. The third-order valence-corrected chi connectivity index (χ3v) is 3.29. The van der Waals surface area contributed by atoms with Crippen molar-refractivity contribution in [2.24, 2.45) is 0 Å². The molecule has 0 saturated carbocycles. The molecule has 0 aliphatic carbocycles. The Balaban J connectivity index is 2.24. The standard InChI is InChI=1S/C12H22N6O/c1-13-10-14-11(17(2)3)16-12(15-10)18(4)9-5-7-19-8-6-9/h9H,5-8H2,1-4H3,(H,13,14,15,16). The SMILES string of the molecule is CNc1nc(N(C)C)nc(N(C)C2CCOCC2)n1. The summed E-state index contributed by atoms with van der Waals surface area (Å²) < 4.78 is 5.39. The van der Waals surface area contributed by atoms with E-state index < -0.39 is 0 Å². The molecule has 1 aliphatic heterocycles. The van der Waals surface area contributed by atoms with Crippen LogP contribution < -0.4 is 15.1 Å². The van der Waals surface area contributed by atoms with Gasteiger partial charge in [0.25, 0.3) is 0 Å². The quantitative estimate of drug-likeness (QED) is 0.855. The first kappa shape index (κ1) is 13.8. The minimum absolute atomic E-state index is 0.427. The average Bonchev–Trinajstić information content (AvgIpc) is 2.46. The first-order chi connectivity index (χ1) is 9.11. The minimum atomic E-state index is 0.427. The highest BCUT2D eigenvalue weighted by molar-refractivity contribution is 5.44. The van der Waals surface area contributed by atoms with E-state index in [0.29, 0.717) is 23.9 Å². The van der Waals surface area contributed by atoms with Gasteiger partial charge in [0.2, 0.25) is 17.8 Å². The maximum atomic E-state index is 5.39. The highest BCUT2D eigenvalue weighted by atomic mass is 16.5. The number of nitrogens with one attached hydrogen (secondary N) is 1. The van der Waals surface area contributed by atoms with Crippen LogP contribution in [0.3, 0.4) is 0 Å². The lowest BCUT2D eigenvalue weighted by Crippen LogP contribution is -2.38. The number of ether oxygens (including phenoxy) is 1. The number of nitrogens with zero attached hydrogens (tertiary/aromatic N) is 5. The molecule has 0 atom stereocenters. The molecular formula is C12H22N6O. The number of anilines is 3. The number of hydrogen-bond donors (Lipinski definition) is 1. The maximum Gasteiger partial charge on any atom is 0.231 e. The zero-order valence-electron chi connectivity index (χ0n) is 12.1. The lowest BCUT2D eigenvalue weighted by Gasteiger charge is -2.31. The zero-order chi connectivity index (χ0) is 13.8. The normalized spacial score (nSPS) is 16.2. The molecule has 1 N–H and O–H groups in total. The third kappa shape index (κ3) is 3.23. The molecule has 7 heteroatoms. The molecule has 1 aliphatic rings. The Morgan fingerprint density at radius 2 is 1.68 bits per heavy atom. The first-order valence-electron chi connectivity index (χ1n) is 6.53. The van der Waals surface area contributed by atoms with E-state index in [1.807, 2.05) is 33.1 Å². The topological polar surface area (TPSA) is 66.4 Å². The summed E-state index contributed by atoms with van der Waals surface area (Å²) in [6.45, 7) is 1.61. The third-order valence-electron chi connectivity index (χ3n) is 3.29. The van der Waals surface area contributed by atoms with E-state index in [1.165, 1.54) is 0 Å². The van der Waals surface area contributed by atoms with Gasteiger partial charge in [-0.1, -0.05) is 0 Å². The largest absolute Gasteiger partial charge is 0.381 e. The second kappa shape index (κ2) is 6.01. The van der Waals surface area contributed by atoms with E-state index in [0.717, 1.165) is 26.1 Å². The molecule has 19 heavy (non-hydrogen) atoms. The summed E-state index contributed by atoms with van der Waals surface area (Å²) in [4.78, 5) is 17.3. The number of aromatic nitrogens is 3. The van der Waals surface area contributed by atoms with E-state index >= 15 is 0 Å². The van der Waals surface area contributed by atoms with Crippen LogP contribution >= 0.6 is 0 Å². The zero-order valence-corrected chi connectivity index (χ0v) is 12.1. The second-order valence-electron chi connectivity index (χ2n) is 4.86. The Bertz CT molecular complexity index is 419. The number of rotatable bonds is 4. The highest BCUT2D eigenvalue weighted by Gasteiger charge is 2.21. The summed E-state index contributed by atoms with van der Waals surface area (Å²) in [5.74, 6) is 1.95. The van der Waals surface area contributed by atoms with Gasteiger partial charge in [0, 0.05) is 47.4 Å². The molecule has 0 bridgehead atoms. The van der Waals surface area contributed by atoms with E-state index in [9.17, 15) is 0 Å². The molecule has 0 unspecified atom stereocenters. The predicted molar refractivity (Wildman–Crippen MR) is 75.9 cm³/mol. The van der Waals surface area contributed by atoms with Crippen molar-refractivity contribution in [2.75, 3.05) is 56.5 Å². The van der Waals surface area contributed by atoms with Crippen molar-refractivity contribution >= 4 is 17.8 Å². The van der Waals surface area contributed by atoms with Crippen molar-refractivity contribution in [3.05, 3.63) is 0 Å². The Hall–Kier alpha value is -1.63. The summed E-state index contributed by atoms with van der Waals surface area (Å²) in [5, 5.41) is 2.98. The van der Waals surface area contributed by atoms with E-state index in [-0.39, 0.29) is 0 Å². The van der Waals surface area contributed by atoms with Crippen LogP contribution in [-0.2, 0) is 4.74 Å². The van der Waals surface area contributed by atoms with Gasteiger partial charge in [-0.15, -0.1) is 0 Å². The van der Waals surface area contributed by atoms with Crippen LogP contribution in [0.25, 0.3) is 0 Å². The number of hydrogen-bond acceptors (Lipinski definition) is 7. The molecule has 2 rings (SSSR count). The summed E-state index contributed by atoms with van der Waals surface area (Å²) in [5.41, 5.74) is 0. The minimum Gasteiger partial charge on any atom is -0.381 e. The molecular weight excluding hydrogens is 244 g/mol. The van der Waals surface area contributed by atoms with Crippen LogP contribution in [0.1, 0.15) is 12.8 Å². The van der Waals surface area contributed by atoms with Crippen molar-refractivity contribution in [1.29, 1.82) is 0 Å². The van der Waals surface area contributed by atoms with Gasteiger partial charge in [-0.25, -0.2) is 0 Å². The Morgan fingerprint density at radius 1 is 1.05 bits per heavy atom. The molecule has 0 aromatic carbocycles. The molecule has 7 nitrogen and oxygen atoms in total. The maximum absolute atomic E-state index is 5.39. The fourth-order valence-electron chi connectivity index (χ4n) is 2.06. The van der Waals surface area contributed by atoms with Gasteiger partial charge in [0.1, 0.15) is 0 Å². The fraction of sp³-hybridized carbons (Fsp3) is 0.750. The van der Waals surface area contributed by atoms with E-state index in [4.69, 9.17) is 4.74 Å². The lowest BCUT2D eigenvalue weighted by molar-refractivity contribution is 0.0852. The van der Waals surface area contributed by atoms with Gasteiger partial charge in [0.15, 0.2) is 0 Å². The Morgan fingerprint density at radius 3 is 2.26 bits per heavy atom. The van der Waals surface area contributed by atoms with Gasteiger partial charge in [-0.3, -0.25) is 0 Å². The predicted octanol–water partition coefficient (Wildman–Crippen LogP) is 0.594. The van der Waals surface area contributed by atoms with E-state index in [2.05, 4.69) is 25.2 Å². The van der Waals surface area contributed by atoms with Gasteiger partial charge < -0.3 is 19.9 Å². The summed E-state index contributed by atoms with van der Waals surface area (Å²) in [6.07, 6.45) is 2.02. The summed E-state index contributed by atoms with van der Waals surface area (Å²) in [7, 11) is 7.69. The summed E-state index contributed by atoms with van der Waals surface area (Å²) in [6, 6.07) is 0.427. The molecule has 106 valence electrons. The highest BCUT2D eigenvalue weighted by Crippen LogP contribution is 2.20.